The second kappa shape index (κ2) is 10.1. The van der Waals surface area contributed by atoms with E-state index in [2.05, 4.69) is 17.4 Å². The number of ether oxygens (including phenoxy) is 1. The number of allylic oxidation sites excluding steroid dienone is 1. The van der Waals surface area contributed by atoms with Gasteiger partial charge in [-0.25, -0.2) is 9.59 Å². The van der Waals surface area contributed by atoms with Gasteiger partial charge in [0.2, 0.25) is 5.91 Å². The van der Waals surface area contributed by atoms with Gasteiger partial charge in [0.05, 0.1) is 0 Å². The van der Waals surface area contributed by atoms with Gasteiger partial charge in [-0.15, -0.1) is 0 Å². The Morgan fingerprint density at radius 1 is 1.09 bits per heavy atom. The molecular weight excluding hydrogens is 432 g/mol. The number of fused-ring (bicyclic) bond motifs is 3. The Labute approximate surface area is 199 Å². The minimum Gasteiger partial charge on any atom is -0.480 e. The van der Waals surface area contributed by atoms with Crippen molar-refractivity contribution >= 4 is 18.0 Å². The Morgan fingerprint density at radius 3 is 2.29 bits per heavy atom. The predicted octanol–water partition coefficient (Wildman–Crippen LogP) is 4.33. The molecule has 1 heterocycles. The fourth-order valence-corrected chi connectivity index (χ4v) is 4.84. The molecule has 2 atom stereocenters. The molecule has 0 saturated carbocycles. The van der Waals surface area contributed by atoms with Crippen LogP contribution >= 0.6 is 0 Å². The normalized spacial score (nSPS) is 17.5. The lowest BCUT2D eigenvalue weighted by Gasteiger charge is -2.27. The van der Waals surface area contributed by atoms with E-state index in [1.54, 1.807) is 0 Å². The summed E-state index contributed by atoms with van der Waals surface area (Å²) in [4.78, 5) is 38.8. The van der Waals surface area contributed by atoms with Crippen molar-refractivity contribution < 1.29 is 24.2 Å². The van der Waals surface area contributed by atoms with Crippen LogP contribution in [-0.4, -0.2) is 53.2 Å². The highest BCUT2D eigenvalue weighted by molar-refractivity contribution is 5.90. The van der Waals surface area contributed by atoms with Crippen molar-refractivity contribution in [3.8, 4) is 11.1 Å². The summed E-state index contributed by atoms with van der Waals surface area (Å²) >= 11 is 0. The number of carbonyl (C=O) groups is 3. The fourth-order valence-electron chi connectivity index (χ4n) is 4.84. The zero-order valence-electron chi connectivity index (χ0n) is 19.5. The number of likely N-dealkylation sites (tertiary alicyclic amines) is 1. The third kappa shape index (κ3) is 4.83. The molecule has 0 radical (unpaired) electrons. The summed E-state index contributed by atoms with van der Waals surface area (Å²) in [5.74, 6) is -1.50. The van der Waals surface area contributed by atoms with Crippen molar-refractivity contribution in [2.75, 3.05) is 13.2 Å². The molecule has 7 heteroatoms. The number of benzene rings is 2. The number of carbonyl (C=O) groups excluding carboxylic acids is 2. The molecule has 1 aliphatic carbocycles. The van der Waals surface area contributed by atoms with Crippen molar-refractivity contribution in [3.05, 3.63) is 71.3 Å². The van der Waals surface area contributed by atoms with Gasteiger partial charge in [0.25, 0.3) is 0 Å². The van der Waals surface area contributed by atoms with Crippen LogP contribution in [0.15, 0.2) is 60.2 Å². The topological polar surface area (TPSA) is 95.9 Å². The van der Waals surface area contributed by atoms with Gasteiger partial charge in [0.1, 0.15) is 18.7 Å². The molecule has 0 aromatic heterocycles. The monoisotopic (exact) mass is 462 g/mol. The number of nitrogens with one attached hydrogen (secondary N) is 1. The molecule has 2 amide bonds. The van der Waals surface area contributed by atoms with Crippen LogP contribution in [-0.2, 0) is 14.3 Å². The van der Waals surface area contributed by atoms with Crippen LogP contribution in [0, 0.1) is 0 Å². The molecule has 1 saturated heterocycles. The average Bonchev–Trinajstić information content (AvgIpc) is 3.43. The second-order valence-electron chi connectivity index (χ2n) is 9.07. The van der Waals surface area contributed by atoms with Gasteiger partial charge in [-0.1, -0.05) is 60.2 Å². The number of rotatable bonds is 7. The van der Waals surface area contributed by atoms with Crippen LogP contribution in [0.1, 0.15) is 50.2 Å². The van der Waals surface area contributed by atoms with Crippen molar-refractivity contribution in [1.29, 1.82) is 0 Å². The smallest absolute Gasteiger partial charge is 0.407 e. The third-order valence-corrected chi connectivity index (χ3v) is 6.52. The number of aliphatic carboxylic acids is 1. The van der Waals surface area contributed by atoms with Crippen LogP contribution < -0.4 is 5.32 Å². The number of hydrogen-bond donors (Lipinski definition) is 2. The molecule has 4 rings (SSSR count). The number of alkyl carbamates (subject to hydrolysis) is 1. The van der Waals surface area contributed by atoms with E-state index in [1.165, 1.54) is 4.90 Å². The summed E-state index contributed by atoms with van der Waals surface area (Å²) in [6.45, 7) is 4.33. The van der Waals surface area contributed by atoms with E-state index in [1.807, 2.05) is 56.3 Å². The van der Waals surface area contributed by atoms with E-state index < -0.39 is 30.1 Å². The van der Waals surface area contributed by atoms with E-state index in [9.17, 15) is 19.5 Å². The van der Waals surface area contributed by atoms with Crippen LogP contribution in [0.3, 0.4) is 0 Å². The van der Waals surface area contributed by atoms with Gasteiger partial charge in [0.15, 0.2) is 0 Å². The number of hydrogen-bond acceptors (Lipinski definition) is 4. The molecule has 178 valence electrons. The highest BCUT2D eigenvalue weighted by atomic mass is 16.5. The number of amides is 2. The Kier molecular flexibility index (Phi) is 7.01. The quantitative estimate of drug-likeness (QED) is 0.598. The molecular formula is C27H30N2O5. The highest BCUT2D eigenvalue weighted by Crippen LogP contribution is 2.44. The van der Waals surface area contributed by atoms with Crippen molar-refractivity contribution in [2.24, 2.45) is 0 Å². The Balaban J connectivity index is 1.46. The number of carboxylic acids is 1. The maximum Gasteiger partial charge on any atom is 0.407 e. The molecule has 0 bridgehead atoms. The van der Waals surface area contributed by atoms with Crippen LogP contribution in [0.2, 0.25) is 0 Å². The average molecular weight is 463 g/mol. The summed E-state index contributed by atoms with van der Waals surface area (Å²) in [6, 6.07) is 14.4. The molecule has 7 nitrogen and oxygen atoms in total. The summed E-state index contributed by atoms with van der Waals surface area (Å²) in [5, 5.41) is 12.2. The first-order valence-corrected chi connectivity index (χ1v) is 11.6. The first-order valence-electron chi connectivity index (χ1n) is 11.6. The highest BCUT2D eigenvalue weighted by Gasteiger charge is 2.37. The predicted molar refractivity (Wildman–Crippen MR) is 128 cm³/mol. The molecule has 1 fully saturated rings. The van der Waals surface area contributed by atoms with Crippen LogP contribution in [0.25, 0.3) is 11.1 Å². The first kappa shape index (κ1) is 23.5. The Hall–Kier alpha value is -3.61. The lowest BCUT2D eigenvalue weighted by molar-refractivity contribution is -0.148. The van der Waals surface area contributed by atoms with Gasteiger partial charge >= 0.3 is 12.1 Å². The summed E-state index contributed by atoms with van der Waals surface area (Å²) < 4.78 is 5.61. The molecule has 2 aromatic carbocycles. The molecule has 34 heavy (non-hydrogen) atoms. The van der Waals surface area contributed by atoms with Crippen LogP contribution in [0.4, 0.5) is 4.79 Å². The standard InChI is InChI=1S/C27H30N2O5/c1-17(2)13-14-23(25(30)29-15-7-12-24(29)26(31)32)28-27(33)34-16-22-20-10-5-3-8-18(20)19-9-4-6-11-21(19)22/h3-6,8-11,13,22-24H,7,12,14-16H2,1-2H3,(H,28,33)(H,31,32). The summed E-state index contributed by atoms with van der Waals surface area (Å²) in [6.07, 6.45) is 2.49. The van der Waals surface area contributed by atoms with Gasteiger partial charge in [0, 0.05) is 12.5 Å². The van der Waals surface area contributed by atoms with E-state index in [-0.39, 0.29) is 18.9 Å². The zero-order chi connectivity index (χ0) is 24.2. The molecule has 2 N–H and O–H groups in total. The molecule has 1 aliphatic heterocycles. The lowest BCUT2D eigenvalue weighted by Crippen LogP contribution is -2.51. The summed E-state index contributed by atoms with van der Waals surface area (Å²) in [7, 11) is 0. The van der Waals surface area contributed by atoms with Crippen molar-refractivity contribution in [3.63, 3.8) is 0 Å². The van der Waals surface area contributed by atoms with Gasteiger partial charge in [-0.05, 0) is 55.4 Å². The van der Waals surface area contributed by atoms with E-state index in [4.69, 9.17) is 4.74 Å². The molecule has 0 spiro atoms. The van der Waals surface area contributed by atoms with Crippen molar-refractivity contribution in [1.82, 2.24) is 10.2 Å². The van der Waals surface area contributed by atoms with Crippen LogP contribution in [0.5, 0.6) is 0 Å². The fraction of sp³-hybridized carbons (Fsp3) is 0.370. The Bertz CT molecular complexity index is 1080. The van der Waals surface area contributed by atoms with Crippen molar-refractivity contribution in [2.45, 2.75) is 51.1 Å². The van der Waals surface area contributed by atoms with Gasteiger partial charge < -0.3 is 20.1 Å². The SMILES string of the molecule is CC(C)=CCC(NC(=O)OCC1c2ccccc2-c2ccccc21)C(=O)N1CCCC1C(=O)O. The largest absolute Gasteiger partial charge is 0.480 e. The minimum absolute atomic E-state index is 0.0833. The second-order valence-corrected chi connectivity index (χ2v) is 9.07. The van der Waals surface area contributed by atoms with Gasteiger partial charge in [-0.3, -0.25) is 4.79 Å². The van der Waals surface area contributed by atoms with E-state index >= 15 is 0 Å². The number of carboxylic acid groups (broad SMARTS) is 1. The molecule has 2 aromatic rings. The molecule has 2 aliphatic rings. The maximum atomic E-state index is 13.2. The minimum atomic E-state index is -1.02. The number of nitrogens with zero attached hydrogens (tertiary/aromatic N) is 1. The molecule has 2 unspecified atom stereocenters. The summed E-state index contributed by atoms with van der Waals surface area (Å²) in [5.41, 5.74) is 5.49. The third-order valence-electron chi connectivity index (χ3n) is 6.52. The first-order chi connectivity index (χ1) is 16.4. The van der Waals surface area contributed by atoms with E-state index in [0.29, 0.717) is 19.4 Å². The Morgan fingerprint density at radius 2 is 1.71 bits per heavy atom. The van der Waals surface area contributed by atoms with E-state index in [0.717, 1.165) is 27.8 Å². The lowest BCUT2D eigenvalue weighted by atomic mass is 9.98. The maximum absolute atomic E-state index is 13.2. The zero-order valence-corrected chi connectivity index (χ0v) is 19.5. The van der Waals surface area contributed by atoms with Gasteiger partial charge in [-0.2, -0.15) is 0 Å².